The number of nitrogens with zero attached hydrogens (tertiary/aromatic N) is 1. The average Bonchev–Trinajstić information content (AvgIpc) is 3.16. The minimum absolute atomic E-state index is 0. The zero-order valence-electron chi connectivity index (χ0n) is 12.4. The Labute approximate surface area is 132 Å². The van der Waals surface area contributed by atoms with Gasteiger partial charge in [0.1, 0.15) is 6.61 Å². The van der Waals surface area contributed by atoms with Crippen LogP contribution in [0.1, 0.15) is 19.3 Å². The number of carbonyl (C=O) groups excluding carboxylic acids is 1. The molecular formula is C15H26ClN3O2. The molecule has 4 heterocycles. The Morgan fingerprint density at radius 1 is 1.14 bits per heavy atom. The number of likely N-dealkylation sites (tertiary alicyclic amines) is 1. The van der Waals surface area contributed by atoms with E-state index in [0.717, 1.165) is 51.0 Å². The molecule has 5 atom stereocenters. The molecule has 0 aromatic rings. The molecule has 120 valence electrons. The molecule has 1 aliphatic carbocycles. The number of carbonyl (C=O) groups is 1. The first kappa shape index (κ1) is 15.5. The zero-order valence-corrected chi connectivity index (χ0v) is 13.2. The maximum atomic E-state index is 12.3. The lowest BCUT2D eigenvalue weighted by atomic mass is 9.68. The van der Waals surface area contributed by atoms with E-state index in [0.29, 0.717) is 12.0 Å². The third-order valence-corrected chi connectivity index (χ3v) is 5.84. The molecule has 4 aliphatic heterocycles. The summed E-state index contributed by atoms with van der Waals surface area (Å²) in [6, 6.07) is 0.655. The van der Waals surface area contributed by atoms with Gasteiger partial charge in [0.25, 0.3) is 0 Å². The lowest BCUT2D eigenvalue weighted by Crippen LogP contribution is -2.54. The Bertz CT molecular complexity index is 361. The number of nitrogens with one attached hydrogen (secondary N) is 2. The van der Waals surface area contributed by atoms with E-state index in [-0.39, 0.29) is 31.0 Å². The zero-order chi connectivity index (χ0) is 13.5. The molecule has 21 heavy (non-hydrogen) atoms. The molecule has 0 spiro atoms. The van der Waals surface area contributed by atoms with Crippen LogP contribution in [0.25, 0.3) is 0 Å². The first-order chi connectivity index (χ1) is 9.81. The molecule has 2 N–H and O–H groups in total. The predicted octanol–water partition coefficient (Wildman–Crippen LogP) is 0.243. The van der Waals surface area contributed by atoms with E-state index in [9.17, 15) is 4.79 Å². The van der Waals surface area contributed by atoms with Gasteiger partial charge in [-0.1, -0.05) is 0 Å². The molecule has 0 aromatic carbocycles. The van der Waals surface area contributed by atoms with Crippen LogP contribution in [0, 0.1) is 17.8 Å². The van der Waals surface area contributed by atoms with Gasteiger partial charge in [0, 0.05) is 25.7 Å². The minimum Gasteiger partial charge on any atom is -0.367 e. The van der Waals surface area contributed by atoms with Gasteiger partial charge in [0.2, 0.25) is 5.91 Å². The van der Waals surface area contributed by atoms with Crippen molar-refractivity contribution < 1.29 is 9.53 Å². The summed E-state index contributed by atoms with van der Waals surface area (Å²) in [5.41, 5.74) is 0. The molecule has 4 saturated heterocycles. The quantitative estimate of drug-likeness (QED) is 0.783. The smallest absolute Gasteiger partial charge is 0.248 e. The summed E-state index contributed by atoms with van der Waals surface area (Å²) in [7, 11) is 0. The molecule has 0 aromatic heterocycles. The van der Waals surface area contributed by atoms with Crippen molar-refractivity contribution in [2.45, 2.75) is 31.4 Å². The SMILES string of the molecule is Cl.O=C(CO[C@@H]1CCNC1)N1CC2C3CCC(NC3)C2C1. The molecule has 4 unspecified atom stereocenters. The summed E-state index contributed by atoms with van der Waals surface area (Å²) in [4.78, 5) is 14.4. The van der Waals surface area contributed by atoms with Gasteiger partial charge in [-0.15, -0.1) is 12.4 Å². The van der Waals surface area contributed by atoms with Gasteiger partial charge in [0.05, 0.1) is 6.10 Å². The van der Waals surface area contributed by atoms with Crippen LogP contribution in [0.2, 0.25) is 0 Å². The van der Waals surface area contributed by atoms with Crippen molar-refractivity contribution in [3.05, 3.63) is 0 Å². The minimum atomic E-state index is 0. The van der Waals surface area contributed by atoms with E-state index in [2.05, 4.69) is 15.5 Å². The largest absolute Gasteiger partial charge is 0.367 e. The number of hydrogen-bond acceptors (Lipinski definition) is 4. The van der Waals surface area contributed by atoms with Gasteiger partial charge in [-0.05, 0) is 50.1 Å². The average molecular weight is 316 g/mol. The Morgan fingerprint density at radius 3 is 2.67 bits per heavy atom. The van der Waals surface area contributed by atoms with E-state index in [1.807, 2.05) is 0 Å². The van der Waals surface area contributed by atoms with Gasteiger partial charge in [-0.25, -0.2) is 0 Å². The fourth-order valence-electron chi connectivity index (χ4n) is 4.66. The van der Waals surface area contributed by atoms with Crippen molar-refractivity contribution >= 4 is 18.3 Å². The van der Waals surface area contributed by atoms with Crippen LogP contribution in [-0.2, 0) is 9.53 Å². The summed E-state index contributed by atoms with van der Waals surface area (Å²) >= 11 is 0. The number of piperidine rings is 2. The standard InChI is InChI=1S/C15H25N3O2.ClH/c19-15(9-20-11-3-4-16-6-11)18-7-12-10-1-2-14(17-5-10)13(12)8-18;/h10-14,16-17H,1-9H2;1H/t10?,11-,12?,13?,14?;/m1./s1. The summed E-state index contributed by atoms with van der Waals surface area (Å²) in [6.07, 6.45) is 3.93. The van der Waals surface area contributed by atoms with Crippen molar-refractivity contribution in [1.82, 2.24) is 15.5 Å². The second-order valence-corrected chi connectivity index (χ2v) is 6.90. The first-order valence-corrected chi connectivity index (χ1v) is 8.15. The van der Waals surface area contributed by atoms with E-state index < -0.39 is 0 Å². The molecule has 5 aliphatic rings. The third kappa shape index (κ3) is 2.93. The van der Waals surface area contributed by atoms with E-state index >= 15 is 0 Å². The highest BCUT2D eigenvalue weighted by atomic mass is 35.5. The van der Waals surface area contributed by atoms with E-state index in [4.69, 9.17) is 4.74 Å². The van der Waals surface area contributed by atoms with Crippen LogP contribution in [0.15, 0.2) is 0 Å². The molecule has 2 bridgehead atoms. The maximum Gasteiger partial charge on any atom is 0.248 e. The van der Waals surface area contributed by atoms with Crippen LogP contribution in [0.4, 0.5) is 0 Å². The monoisotopic (exact) mass is 315 g/mol. The normalized spacial score (nSPS) is 41.0. The van der Waals surface area contributed by atoms with Crippen LogP contribution in [0.5, 0.6) is 0 Å². The van der Waals surface area contributed by atoms with Crippen molar-refractivity contribution in [2.75, 3.05) is 39.3 Å². The molecule has 1 amide bonds. The number of fused-ring (bicyclic) bond motifs is 2. The molecule has 6 heteroatoms. The Morgan fingerprint density at radius 2 is 2.00 bits per heavy atom. The van der Waals surface area contributed by atoms with Crippen molar-refractivity contribution in [3.63, 3.8) is 0 Å². The summed E-state index contributed by atoms with van der Waals surface area (Å²) < 4.78 is 5.73. The number of amides is 1. The fraction of sp³-hybridized carbons (Fsp3) is 0.933. The highest BCUT2D eigenvalue weighted by Crippen LogP contribution is 2.43. The molecular weight excluding hydrogens is 290 g/mol. The second-order valence-electron chi connectivity index (χ2n) is 6.90. The molecule has 1 saturated carbocycles. The van der Waals surface area contributed by atoms with Crippen LogP contribution < -0.4 is 10.6 Å². The Kier molecular flexibility index (Phi) is 4.74. The number of halogens is 1. The molecule has 0 radical (unpaired) electrons. The third-order valence-electron chi connectivity index (χ3n) is 5.84. The van der Waals surface area contributed by atoms with Gasteiger partial charge < -0.3 is 20.3 Å². The number of ether oxygens (including phenoxy) is 1. The first-order valence-electron chi connectivity index (χ1n) is 8.15. The van der Waals surface area contributed by atoms with Gasteiger partial charge in [0.15, 0.2) is 0 Å². The van der Waals surface area contributed by atoms with Crippen LogP contribution in [0.3, 0.4) is 0 Å². The van der Waals surface area contributed by atoms with Gasteiger partial charge >= 0.3 is 0 Å². The maximum absolute atomic E-state index is 12.3. The number of rotatable bonds is 3. The second kappa shape index (κ2) is 6.41. The molecule has 5 nitrogen and oxygen atoms in total. The Hall–Kier alpha value is -0.360. The van der Waals surface area contributed by atoms with Crippen LogP contribution >= 0.6 is 12.4 Å². The topological polar surface area (TPSA) is 53.6 Å². The highest BCUT2D eigenvalue weighted by molar-refractivity contribution is 5.85. The van der Waals surface area contributed by atoms with Crippen molar-refractivity contribution in [3.8, 4) is 0 Å². The molecule has 5 fully saturated rings. The summed E-state index contributed by atoms with van der Waals surface area (Å²) in [5.74, 6) is 2.43. The highest BCUT2D eigenvalue weighted by Gasteiger charge is 2.49. The van der Waals surface area contributed by atoms with Crippen LogP contribution in [-0.4, -0.2) is 62.3 Å². The number of hydrogen-bond donors (Lipinski definition) is 2. The van der Waals surface area contributed by atoms with E-state index in [1.165, 1.54) is 12.8 Å². The van der Waals surface area contributed by atoms with Crippen molar-refractivity contribution in [2.24, 2.45) is 17.8 Å². The lowest BCUT2D eigenvalue weighted by molar-refractivity contribution is -0.137. The predicted molar refractivity (Wildman–Crippen MR) is 82.5 cm³/mol. The van der Waals surface area contributed by atoms with E-state index in [1.54, 1.807) is 0 Å². The van der Waals surface area contributed by atoms with Gasteiger partial charge in [-0.2, -0.15) is 0 Å². The lowest BCUT2D eigenvalue weighted by Gasteiger charge is -2.45. The van der Waals surface area contributed by atoms with Crippen molar-refractivity contribution in [1.29, 1.82) is 0 Å². The van der Waals surface area contributed by atoms with Gasteiger partial charge in [-0.3, -0.25) is 4.79 Å². The summed E-state index contributed by atoms with van der Waals surface area (Å²) in [6.45, 7) is 5.27. The molecule has 5 rings (SSSR count). The summed E-state index contributed by atoms with van der Waals surface area (Å²) in [5, 5.41) is 6.92. The fourth-order valence-corrected chi connectivity index (χ4v) is 4.66. The Balaban J connectivity index is 0.00000132.